The van der Waals surface area contributed by atoms with Crippen LogP contribution in [0.5, 0.6) is 11.5 Å². The summed E-state index contributed by atoms with van der Waals surface area (Å²) in [6, 6.07) is 10.2. The van der Waals surface area contributed by atoms with E-state index in [-0.39, 0.29) is 17.3 Å². The van der Waals surface area contributed by atoms with E-state index in [9.17, 15) is 14.9 Å². The van der Waals surface area contributed by atoms with Crippen LogP contribution in [0, 0.1) is 10.1 Å². The van der Waals surface area contributed by atoms with Gasteiger partial charge in [-0.2, -0.15) is 0 Å². The highest BCUT2D eigenvalue weighted by Crippen LogP contribution is 2.39. The summed E-state index contributed by atoms with van der Waals surface area (Å²) in [5, 5.41) is 21.3. The molecule has 0 spiro atoms. The molecule has 10 nitrogen and oxygen atoms in total. The van der Waals surface area contributed by atoms with Gasteiger partial charge in [-0.15, -0.1) is 10.2 Å². The Morgan fingerprint density at radius 2 is 1.86 bits per heavy atom. The third-order valence-corrected chi connectivity index (χ3v) is 7.16. The maximum Gasteiger partial charge on any atom is 0.274 e. The molecular weight excluding hydrogens is 470 g/mol. The van der Waals surface area contributed by atoms with Gasteiger partial charge in [-0.05, 0) is 37.1 Å². The summed E-state index contributed by atoms with van der Waals surface area (Å²) >= 11 is 1.39. The largest absolute Gasteiger partial charge is 0.493 e. The van der Waals surface area contributed by atoms with Crippen LogP contribution in [0.1, 0.15) is 54.1 Å². The standard InChI is InChI=1S/C24H27N5O5S/c1-33-20-11-10-16(13-21(20)34-2)23-26-27-24(28(23)18-6-4-3-5-7-18)35-14-17-9-8-15(22(25)30)12-19(17)29(31)32/h8-13,18H,3-7,14H2,1-2H3,(H2,25,30). The number of methoxy groups -OCH3 is 2. The first-order valence-corrected chi connectivity index (χ1v) is 12.3. The highest BCUT2D eigenvalue weighted by molar-refractivity contribution is 7.98. The minimum atomic E-state index is -0.705. The molecule has 2 aromatic carbocycles. The van der Waals surface area contributed by atoms with Gasteiger partial charge in [0.25, 0.3) is 5.69 Å². The van der Waals surface area contributed by atoms with E-state index >= 15 is 0 Å². The lowest BCUT2D eigenvalue weighted by Gasteiger charge is -2.25. The molecule has 0 unspecified atom stereocenters. The first-order valence-electron chi connectivity index (χ1n) is 11.3. The fourth-order valence-electron chi connectivity index (χ4n) is 4.37. The Morgan fingerprint density at radius 3 is 2.51 bits per heavy atom. The number of nitro groups is 1. The van der Waals surface area contributed by atoms with E-state index in [1.54, 1.807) is 20.3 Å². The number of amides is 1. The Morgan fingerprint density at radius 1 is 1.11 bits per heavy atom. The first kappa shape index (κ1) is 24.5. The zero-order valence-electron chi connectivity index (χ0n) is 19.6. The van der Waals surface area contributed by atoms with Crippen LogP contribution in [0.3, 0.4) is 0 Å². The van der Waals surface area contributed by atoms with Crippen LogP contribution in [0.25, 0.3) is 11.4 Å². The van der Waals surface area contributed by atoms with Crippen molar-refractivity contribution in [1.29, 1.82) is 0 Å². The molecule has 1 amide bonds. The van der Waals surface area contributed by atoms with Gasteiger partial charge in [-0.3, -0.25) is 19.5 Å². The number of nitrogens with zero attached hydrogens (tertiary/aromatic N) is 4. The quantitative estimate of drug-likeness (QED) is 0.254. The molecule has 0 atom stereocenters. The molecule has 35 heavy (non-hydrogen) atoms. The van der Waals surface area contributed by atoms with Crippen molar-refractivity contribution in [3.8, 4) is 22.9 Å². The van der Waals surface area contributed by atoms with E-state index in [4.69, 9.17) is 15.2 Å². The maximum atomic E-state index is 11.6. The summed E-state index contributed by atoms with van der Waals surface area (Å²) in [5.41, 5.74) is 6.59. The molecule has 1 aliphatic carbocycles. The Hall–Kier alpha value is -3.60. The van der Waals surface area contributed by atoms with Crippen LogP contribution in [-0.2, 0) is 5.75 Å². The minimum absolute atomic E-state index is 0.103. The smallest absolute Gasteiger partial charge is 0.274 e. The van der Waals surface area contributed by atoms with Gasteiger partial charge in [0.2, 0.25) is 5.91 Å². The maximum absolute atomic E-state index is 11.6. The highest BCUT2D eigenvalue weighted by Gasteiger charge is 2.25. The number of aromatic nitrogens is 3. The Bertz CT molecular complexity index is 1240. The number of carbonyl (C=O) groups excluding carboxylic acids is 1. The molecule has 0 saturated heterocycles. The molecule has 3 aromatic rings. The van der Waals surface area contributed by atoms with Gasteiger partial charge < -0.3 is 15.2 Å². The first-order chi connectivity index (χ1) is 16.9. The summed E-state index contributed by atoms with van der Waals surface area (Å²) in [6.45, 7) is 0. The van der Waals surface area contributed by atoms with E-state index in [0.717, 1.165) is 37.1 Å². The van der Waals surface area contributed by atoms with Gasteiger partial charge in [-0.25, -0.2) is 0 Å². The number of rotatable bonds is 9. The number of nitro benzene ring substituents is 1. The van der Waals surface area contributed by atoms with Gasteiger partial charge >= 0.3 is 0 Å². The second-order valence-electron chi connectivity index (χ2n) is 8.29. The van der Waals surface area contributed by atoms with Gasteiger partial charge in [0.05, 0.1) is 19.1 Å². The van der Waals surface area contributed by atoms with E-state index in [2.05, 4.69) is 14.8 Å². The van der Waals surface area contributed by atoms with Crippen molar-refractivity contribution in [1.82, 2.24) is 14.8 Å². The summed E-state index contributed by atoms with van der Waals surface area (Å²) in [5.74, 6) is 1.54. The zero-order valence-corrected chi connectivity index (χ0v) is 20.4. The van der Waals surface area contributed by atoms with Crippen molar-refractivity contribution >= 4 is 23.4 Å². The monoisotopic (exact) mass is 497 g/mol. The predicted molar refractivity (Wildman–Crippen MR) is 132 cm³/mol. The third-order valence-electron chi connectivity index (χ3n) is 6.17. The number of carbonyl (C=O) groups is 1. The second kappa shape index (κ2) is 10.8. The van der Waals surface area contributed by atoms with E-state index in [1.807, 2.05) is 18.2 Å². The second-order valence-corrected chi connectivity index (χ2v) is 9.23. The lowest BCUT2D eigenvalue weighted by atomic mass is 9.95. The molecule has 1 aromatic heterocycles. The Kier molecular flexibility index (Phi) is 7.54. The van der Waals surface area contributed by atoms with Crippen molar-refractivity contribution in [2.75, 3.05) is 14.2 Å². The molecular formula is C24H27N5O5S. The fraction of sp³-hybridized carbons (Fsp3) is 0.375. The molecule has 0 aliphatic heterocycles. The molecule has 0 radical (unpaired) electrons. The topological polar surface area (TPSA) is 135 Å². The summed E-state index contributed by atoms with van der Waals surface area (Å²) in [7, 11) is 3.18. The fourth-order valence-corrected chi connectivity index (χ4v) is 5.37. The number of hydrogen-bond donors (Lipinski definition) is 1. The van der Waals surface area contributed by atoms with Crippen LogP contribution in [0.2, 0.25) is 0 Å². The predicted octanol–water partition coefficient (Wildman–Crippen LogP) is 4.77. The van der Waals surface area contributed by atoms with Crippen LogP contribution in [0.4, 0.5) is 5.69 Å². The van der Waals surface area contributed by atoms with Crippen molar-refractivity contribution in [3.05, 3.63) is 57.6 Å². The highest BCUT2D eigenvalue weighted by atomic mass is 32.2. The SMILES string of the molecule is COc1ccc(-c2nnc(SCc3ccc(C(N)=O)cc3[N+](=O)[O-])n2C2CCCCC2)cc1OC. The van der Waals surface area contributed by atoms with E-state index < -0.39 is 10.8 Å². The lowest BCUT2D eigenvalue weighted by molar-refractivity contribution is -0.385. The summed E-state index contributed by atoms with van der Waals surface area (Å²) < 4.78 is 13.0. The van der Waals surface area contributed by atoms with Crippen LogP contribution >= 0.6 is 11.8 Å². The van der Waals surface area contributed by atoms with E-state index in [1.165, 1.54) is 30.3 Å². The van der Waals surface area contributed by atoms with Crippen molar-refractivity contribution in [2.24, 2.45) is 5.73 Å². The number of primary amides is 1. The van der Waals surface area contributed by atoms with E-state index in [0.29, 0.717) is 28.0 Å². The average Bonchev–Trinajstić information content (AvgIpc) is 3.31. The Balaban J connectivity index is 1.69. The van der Waals surface area contributed by atoms with Gasteiger partial charge in [-0.1, -0.05) is 37.1 Å². The van der Waals surface area contributed by atoms with Gasteiger partial charge in [0.15, 0.2) is 22.5 Å². The third kappa shape index (κ3) is 5.24. The normalized spacial score (nSPS) is 14.0. The Labute approximate surface area is 207 Å². The molecule has 0 bridgehead atoms. The molecule has 1 aliphatic rings. The number of benzene rings is 2. The molecule has 1 fully saturated rings. The van der Waals surface area contributed by atoms with Gasteiger partial charge in [0, 0.05) is 34.6 Å². The number of thioether (sulfide) groups is 1. The van der Waals surface area contributed by atoms with Crippen molar-refractivity contribution in [2.45, 2.75) is 49.1 Å². The minimum Gasteiger partial charge on any atom is -0.493 e. The summed E-state index contributed by atoms with van der Waals surface area (Å²) in [4.78, 5) is 22.6. The lowest BCUT2D eigenvalue weighted by Crippen LogP contribution is -2.15. The molecule has 4 rings (SSSR count). The van der Waals surface area contributed by atoms with Crippen molar-refractivity contribution in [3.63, 3.8) is 0 Å². The van der Waals surface area contributed by atoms with Crippen LogP contribution in [0.15, 0.2) is 41.6 Å². The zero-order chi connectivity index (χ0) is 24.9. The van der Waals surface area contributed by atoms with Gasteiger partial charge in [0.1, 0.15) is 0 Å². The summed E-state index contributed by atoms with van der Waals surface area (Å²) in [6.07, 6.45) is 5.47. The number of nitrogens with two attached hydrogens (primary N) is 1. The average molecular weight is 498 g/mol. The molecule has 1 saturated carbocycles. The molecule has 184 valence electrons. The van der Waals surface area contributed by atoms with Crippen LogP contribution < -0.4 is 15.2 Å². The van der Waals surface area contributed by atoms with Crippen LogP contribution in [-0.4, -0.2) is 39.8 Å². The molecule has 2 N–H and O–H groups in total. The molecule has 11 heteroatoms. The molecule has 1 heterocycles. The number of hydrogen-bond acceptors (Lipinski definition) is 8. The van der Waals surface area contributed by atoms with Crippen molar-refractivity contribution < 1.29 is 19.2 Å². The number of ether oxygens (including phenoxy) is 2.